The number of ether oxygens (including phenoxy) is 3. The van der Waals surface area contributed by atoms with E-state index >= 15 is 0 Å². The lowest BCUT2D eigenvalue weighted by Gasteiger charge is -2.13. The molecule has 2 aromatic rings. The van der Waals surface area contributed by atoms with E-state index in [-0.39, 0.29) is 12.0 Å². The Labute approximate surface area is 154 Å². The van der Waals surface area contributed by atoms with Crippen LogP contribution in [0.3, 0.4) is 0 Å². The van der Waals surface area contributed by atoms with E-state index in [1.807, 2.05) is 50.2 Å². The van der Waals surface area contributed by atoms with Gasteiger partial charge in [0.25, 0.3) is 0 Å². The zero-order valence-corrected chi connectivity index (χ0v) is 15.5. The lowest BCUT2D eigenvalue weighted by Crippen LogP contribution is -2.13. The number of amides is 1. The van der Waals surface area contributed by atoms with Gasteiger partial charge in [-0.1, -0.05) is 12.1 Å². The Kier molecular flexibility index (Phi) is 5.66. The van der Waals surface area contributed by atoms with Gasteiger partial charge in [-0.15, -0.1) is 0 Å². The largest absolute Gasteiger partial charge is 0.497 e. The minimum atomic E-state index is -0.0558. The normalized spacial score (nSPS) is 15.1. The van der Waals surface area contributed by atoms with Gasteiger partial charge in [0.05, 0.1) is 19.4 Å². The van der Waals surface area contributed by atoms with Crippen molar-refractivity contribution in [3.63, 3.8) is 0 Å². The molecule has 5 nitrogen and oxygen atoms in total. The molecule has 0 radical (unpaired) electrons. The molecule has 1 amide bonds. The molecule has 1 atom stereocenters. The quantitative estimate of drug-likeness (QED) is 0.816. The van der Waals surface area contributed by atoms with E-state index in [0.29, 0.717) is 30.9 Å². The van der Waals surface area contributed by atoms with Crippen LogP contribution in [0.5, 0.6) is 17.2 Å². The number of rotatable bonds is 7. The Hall–Kier alpha value is -2.69. The molecule has 1 heterocycles. The minimum Gasteiger partial charge on any atom is -0.497 e. The fourth-order valence-electron chi connectivity index (χ4n) is 3.11. The van der Waals surface area contributed by atoms with E-state index in [0.717, 1.165) is 29.0 Å². The van der Waals surface area contributed by atoms with Gasteiger partial charge in [0, 0.05) is 24.5 Å². The summed E-state index contributed by atoms with van der Waals surface area (Å²) in [6.45, 7) is 4.51. The van der Waals surface area contributed by atoms with Crippen LogP contribution in [0.4, 0.5) is 5.69 Å². The number of benzene rings is 2. The summed E-state index contributed by atoms with van der Waals surface area (Å²) in [5.41, 5.74) is 2.85. The molecule has 0 bridgehead atoms. The molecule has 5 heteroatoms. The SMILES string of the molecule is CCOc1cc2c(cc1NC(=O)CCc1cccc(OC)c1)OC(C)C2. The summed E-state index contributed by atoms with van der Waals surface area (Å²) in [4.78, 5) is 12.4. The smallest absolute Gasteiger partial charge is 0.224 e. The van der Waals surface area contributed by atoms with Crippen LogP contribution >= 0.6 is 0 Å². The molecular formula is C21H25NO4. The van der Waals surface area contributed by atoms with E-state index in [2.05, 4.69) is 5.32 Å². The Morgan fingerprint density at radius 2 is 2.15 bits per heavy atom. The molecule has 1 aliphatic heterocycles. The first kappa shape index (κ1) is 18.1. The number of fused-ring (bicyclic) bond motifs is 1. The number of carbonyl (C=O) groups excluding carboxylic acids is 1. The van der Waals surface area contributed by atoms with Crippen molar-refractivity contribution >= 4 is 11.6 Å². The number of carbonyl (C=O) groups is 1. The second-order valence-corrected chi connectivity index (χ2v) is 6.42. The van der Waals surface area contributed by atoms with Crippen molar-refractivity contribution in [3.8, 4) is 17.2 Å². The highest BCUT2D eigenvalue weighted by Crippen LogP contribution is 2.38. The lowest BCUT2D eigenvalue weighted by molar-refractivity contribution is -0.116. The number of anilines is 1. The zero-order chi connectivity index (χ0) is 18.5. The minimum absolute atomic E-state index is 0.0558. The van der Waals surface area contributed by atoms with Crippen LogP contribution < -0.4 is 19.5 Å². The molecule has 26 heavy (non-hydrogen) atoms. The van der Waals surface area contributed by atoms with E-state index in [9.17, 15) is 4.79 Å². The van der Waals surface area contributed by atoms with Gasteiger partial charge >= 0.3 is 0 Å². The summed E-state index contributed by atoms with van der Waals surface area (Å²) in [5, 5.41) is 2.96. The van der Waals surface area contributed by atoms with Crippen LogP contribution in [0.25, 0.3) is 0 Å². The van der Waals surface area contributed by atoms with Crippen LogP contribution in [0.2, 0.25) is 0 Å². The average Bonchev–Trinajstić information content (AvgIpc) is 2.99. The van der Waals surface area contributed by atoms with E-state index in [1.54, 1.807) is 7.11 Å². The van der Waals surface area contributed by atoms with Crippen LogP contribution in [0.15, 0.2) is 36.4 Å². The number of methoxy groups -OCH3 is 1. The molecule has 0 fully saturated rings. The summed E-state index contributed by atoms with van der Waals surface area (Å²) in [7, 11) is 1.64. The van der Waals surface area contributed by atoms with Gasteiger partial charge in [0.2, 0.25) is 5.91 Å². The average molecular weight is 355 g/mol. The molecule has 3 rings (SSSR count). The van der Waals surface area contributed by atoms with Gasteiger partial charge in [0.1, 0.15) is 23.4 Å². The first-order valence-electron chi connectivity index (χ1n) is 8.98. The Morgan fingerprint density at radius 3 is 2.92 bits per heavy atom. The zero-order valence-electron chi connectivity index (χ0n) is 15.5. The second-order valence-electron chi connectivity index (χ2n) is 6.42. The fraction of sp³-hybridized carbons (Fsp3) is 0.381. The van der Waals surface area contributed by atoms with Crippen molar-refractivity contribution in [2.24, 2.45) is 0 Å². The van der Waals surface area contributed by atoms with Crippen molar-refractivity contribution in [1.29, 1.82) is 0 Å². The summed E-state index contributed by atoms with van der Waals surface area (Å²) < 4.78 is 16.7. The van der Waals surface area contributed by atoms with Crippen LogP contribution in [-0.4, -0.2) is 25.7 Å². The van der Waals surface area contributed by atoms with E-state index in [1.165, 1.54) is 0 Å². The third-order valence-electron chi connectivity index (χ3n) is 4.35. The highest BCUT2D eigenvalue weighted by atomic mass is 16.5. The van der Waals surface area contributed by atoms with Crippen molar-refractivity contribution in [2.45, 2.75) is 39.2 Å². The van der Waals surface area contributed by atoms with Crippen LogP contribution in [0.1, 0.15) is 31.4 Å². The highest BCUT2D eigenvalue weighted by molar-refractivity contribution is 5.93. The van der Waals surface area contributed by atoms with E-state index in [4.69, 9.17) is 14.2 Å². The van der Waals surface area contributed by atoms with E-state index < -0.39 is 0 Å². The Morgan fingerprint density at radius 1 is 1.31 bits per heavy atom. The summed E-state index contributed by atoms with van der Waals surface area (Å²) in [5.74, 6) is 2.26. The summed E-state index contributed by atoms with van der Waals surface area (Å²) in [6, 6.07) is 11.6. The molecule has 0 spiro atoms. The predicted octanol–water partition coefficient (Wildman–Crippen LogP) is 3.99. The van der Waals surface area contributed by atoms with Gasteiger partial charge < -0.3 is 19.5 Å². The van der Waals surface area contributed by atoms with Gasteiger partial charge in [-0.05, 0) is 44.0 Å². The first-order chi connectivity index (χ1) is 12.6. The van der Waals surface area contributed by atoms with Crippen molar-refractivity contribution < 1.29 is 19.0 Å². The monoisotopic (exact) mass is 355 g/mol. The molecular weight excluding hydrogens is 330 g/mol. The van der Waals surface area contributed by atoms with Crippen molar-refractivity contribution in [2.75, 3.05) is 19.0 Å². The van der Waals surface area contributed by atoms with Gasteiger partial charge in [0.15, 0.2) is 0 Å². The Bertz CT molecular complexity index is 788. The van der Waals surface area contributed by atoms with Crippen molar-refractivity contribution in [3.05, 3.63) is 47.5 Å². The Balaban J connectivity index is 1.67. The van der Waals surface area contributed by atoms with Gasteiger partial charge in [-0.3, -0.25) is 4.79 Å². The standard InChI is InChI=1S/C21H25NO4/c1-4-25-20-12-16-10-14(2)26-19(16)13-18(20)22-21(23)9-8-15-6-5-7-17(11-15)24-3/h5-7,11-14H,4,8-10H2,1-3H3,(H,22,23). The fourth-order valence-corrected chi connectivity index (χ4v) is 3.11. The molecule has 138 valence electrons. The molecule has 2 aromatic carbocycles. The molecule has 0 saturated carbocycles. The molecule has 0 aromatic heterocycles. The third-order valence-corrected chi connectivity index (χ3v) is 4.35. The molecule has 1 aliphatic rings. The second kappa shape index (κ2) is 8.13. The number of aryl methyl sites for hydroxylation is 1. The number of hydrogen-bond acceptors (Lipinski definition) is 4. The summed E-state index contributed by atoms with van der Waals surface area (Å²) in [6.07, 6.45) is 2.04. The predicted molar refractivity (Wildman–Crippen MR) is 101 cm³/mol. The number of nitrogens with one attached hydrogen (secondary N) is 1. The molecule has 0 aliphatic carbocycles. The summed E-state index contributed by atoms with van der Waals surface area (Å²) >= 11 is 0. The highest BCUT2D eigenvalue weighted by Gasteiger charge is 2.22. The maximum Gasteiger partial charge on any atom is 0.224 e. The molecule has 1 unspecified atom stereocenters. The first-order valence-corrected chi connectivity index (χ1v) is 8.98. The number of hydrogen-bond donors (Lipinski definition) is 1. The molecule has 1 N–H and O–H groups in total. The topological polar surface area (TPSA) is 56.8 Å². The maximum atomic E-state index is 12.4. The van der Waals surface area contributed by atoms with Crippen molar-refractivity contribution in [1.82, 2.24) is 0 Å². The lowest BCUT2D eigenvalue weighted by atomic mass is 10.1. The van der Waals surface area contributed by atoms with Gasteiger partial charge in [-0.2, -0.15) is 0 Å². The van der Waals surface area contributed by atoms with Gasteiger partial charge in [-0.25, -0.2) is 0 Å². The molecule has 0 saturated heterocycles. The van der Waals surface area contributed by atoms with Crippen LogP contribution in [0, 0.1) is 0 Å². The van der Waals surface area contributed by atoms with Crippen LogP contribution in [-0.2, 0) is 17.6 Å². The third kappa shape index (κ3) is 4.28. The maximum absolute atomic E-state index is 12.4.